The van der Waals surface area contributed by atoms with Gasteiger partial charge >= 0.3 is 11.9 Å². The Bertz CT molecular complexity index is 430. The van der Waals surface area contributed by atoms with E-state index in [-0.39, 0.29) is 6.61 Å². The van der Waals surface area contributed by atoms with Crippen molar-refractivity contribution in [1.29, 1.82) is 0 Å². The van der Waals surface area contributed by atoms with Gasteiger partial charge in [-0.25, -0.2) is 4.79 Å². The van der Waals surface area contributed by atoms with Gasteiger partial charge in [0.1, 0.15) is 0 Å². The number of amides is 1. The molecule has 1 fully saturated rings. The third kappa shape index (κ3) is 2.70. The van der Waals surface area contributed by atoms with Gasteiger partial charge in [0.25, 0.3) is 0 Å². The molecule has 96 valence electrons. The van der Waals surface area contributed by atoms with E-state index in [0.717, 1.165) is 6.42 Å². The van der Waals surface area contributed by atoms with Crippen molar-refractivity contribution in [3.63, 3.8) is 0 Å². The average molecular weight is 247 g/mol. The van der Waals surface area contributed by atoms with E-state index in [9.17, 15) is 9.59 Å². The summed E-state index contributed by atoms with van der Waals surface area (Å²) in [7, 11) is 0. The van der Waals surface area contributed by atoms with Crippen molar-refractivity contribution in [3.8, 4) is 0 Å². The van der Waals surface area contributed by atoms with Crippen LogP contribution in [0.1, 0.15) is 24.8 Å². The van der Waals surface area contributed by atoms with Gasteiger partial charge in [0.15, 0.2) is 0 Å². The highest BCUT2D eigenvalue weighted by Crippen LogP contribution is 2.26. The maximum Gasteiger partial charge on any atom is 0.397 e. The van der Waals surface area contributed by atoms with Crippen LogP contribution in [0, 0.1) is 0 Å². The van der Waals surface area contributed by atoms with E-state index in [0.29, 0.717) is 19.0 Å². The smallest absolute Gasteiger partial charge is 0.397 e. The summed E-state index contributed by atoms with van der Waals surface area (Å²) in [6, 6.07) is 10.1. The van der Waals surface area contributed by atoms with Crippen molar-refractivity contribution < 1.29 is 14.3 Å². The van der Waals surface area contributed by atoms with Gasteiger partial charge in [-0.15, -0.1) is 0 Å². The SMILES string of the molecule is CCOC(=O)C(=O)N1CCC(c2ccccc2)C1. The van der Waals surface area contributed by atoms with Gasteiger partial charge in [-0.2, -0.15) is 0 Å². The fraction of sp³-hybridized carbons (Fsp3) is 0.429. The Kier molecular flexibility index (Phi) is 3.97. The molecule has 1 saturated heterocycles. The molecule has 4 nitrogen and oxygen atoms in total. The Hall–Kier alpha value is -1.84. The molecule has 0 aromatic heterocycles. The average Bonchev–Trinajstić information content (AvgIpc) is 2.89. The third-order valence-electron chi connectivity index (χ3n) is 3.20. The summed E-state index contributed by atoms with van der Waals surface area (Å²) in [6.07, 6.45) is 0.898. The molecule has 1 amide bonds. The number of hydrogen-bond acceptors (Lipinski definition) is 3. The Morgan fingerprint density at radius 3 is 2.72 bits per heavy atom. The molecule has 2 rings (SSSR count). The first-order valence-corrected chi connectivity index (χ1v) is 6.23. The van der Waals surface area contributed by atoms with E-state index in [1.165, 1.54) is 5.56 Å². The van der Waals surface area contributed by atoms with Crippen molar-refractivity contribution in [2.75, 3.05) is 19.7 Å². The summed E-state index contributed by atoms with van der Waals surface area (Å²) >= 11 is 0. The molecule has 1 unspecified atom stereocenters. The molecule has 0 N–H and O–H groups in total. The topological polar surface area (TPSA) is 46.6 Å². The lowest BCUT2D eigenvalue weighted by Crippen LogP contribution is -2.35. The van der Waals surface area contributed by atoms with Crippen LogP contribution in [-0.4, -0.2) is 36.5 Å². The summed E-state index contributed by atoms with van der Waals surface area (Å²) in [5, 5.41) is 0. The van der Waals surface area contributed by atoms with Gasteiger partial charge in [-0.1, -0.05) is 30.3 Å². The molecule has 1 aromatic carbocycles. The first-order chi connectivity index (χ1) is 8.72. The van der Waals surface area contributed by atoms with Crippen molar-refractivity contribution in [2.45, 2.75) is 19.3 Å². The summed E-state index contributed by atoms with van der Waals surface area (Å²) in [5.74, 6) is -0.939. The number of esters is 1. The molecule has 1 heterocycles. The molecule has 0 spiro atoms. The molecule has 0 aliphatic carbocycles. The number of likely N-dealkylation sites (tertiary alicyclic amines) is 1. The van der Waals surface area contributed by atoms with Crippen LogP contribution in [0.5, 0.6) is 0 Å². The van der Waals surface area contributed by atoms with E-state index in [1.54, 1.807) is 11.8 Å². The summed E-state index contributed by atoms with van der Waals surface area (Å²) in [4.78, 5) is 24.7. The molecule has 18 heavy (non-hydrogen) atoms. The molecule has 0 radical (unpaired) electrons. The lowest BCUT2D eigenvalue weighted by Gasteiger charge is -2.15. The van der Waals surface area contributed by atoms with Crippen LogP contribution in [-0.2, 0) is 14.3 Å². The summed E-state index contributed by atoms with van der Waals surface area (Å²) < 4.78 is 4.73. The second-order valence-electron chi connectivity index (χ2n) is 4.37. The molecular formula is C14H17NO3. The van der Waals surface area contributed by atoms with Crippen LogP contribution >= 0.6 is 0 Å². The maximum atomic E-state index is 11.8. The molecule has 1 aliphatic rings. The molecule has 0 saturated carbocycles. The number of nitrogens with zero attached hydrogens (tertiary/aromatic N) is 1. The number of carbonyl (C=O) groups excluding carboxylic acids is 2. The summed E-state index contributed by atoms with van der Waals surface area (Å²) in [6.45, 7) is 3.15. The Morgan fingerprint density at radius 2 is 2.06 bits per heavy atom. The lowest BCUT2D eigenvalue weighted by atomic mass is 9.99. The fourth-order valence-electron chi connectivity index (χ4n) is 2.26. The van der Waals surface area contributed by atoms with Crippen LogP contribution < -0.4 is 0 Å². The largest absolute Gasteiger partial charge is 0.459 e. The van der Waals surface area contributed by atoms with E-state index >= 15 is 0 Å². The molecule has 1 aromatic rings. The number of hydrogen-bond donors (Lipinski definition) is 0. The maximum absolute atomic E-state index is 11.8. The van der Waals surface area contributed by atoms with Gasteiger partial charge in [0, 0.05) is 19.0 Å². The van der Waals surface area contributed by atoms with E-state index in [4.69, 9.17) is 4.74 Å². The number of rotatable bonds is 2. The predicted octanol–water partition coefficient (Wildman–Crippen LogP) is 1.57. The first kappa shape index (κ1) is 12.6. The van der Waals surface area contributed by atoms with Gasteiger partial charge in [0.05, 0.1) is 6.61 Å². The van der Waals surface area contributed by atoms with Crippen LogP contribution in [0.4, 0.5) is 0 Å². The normalized spacial score (nSPS) is 18.7. The monoisotopic (exact) mass is 247 g/mol. The van der Waals surface area contributed by atoms with E-state index in [1.807, 2.05) is 18.2 Å². The van der Waals surface area contributed by atoms with Crippen LogP contribution in [0.2, 0.25) is 0 Å². The number of benzene rings is 1. The second kappa shape index (κ2) is 5.67. The Morgan fingerprint density at radius 1 is 1.33 bits per heavy atom. The Balaban J connectivity index is 1.96. The predicted molar refractivity (Wildman–Crippen MR) is 67.0 cm³/mol. The molecule has 1 atom stereocenters. The zero-order chi connectivity index (χ0) is 13.0. The van der Waals surface area contributed by atoms with Crippen LogP contribution in [0.3, 0.4) is 0 Å². The number of carbonyl (C=O) groups is 2. The minimum Gasteiger partial charge on any atom is -0.459 e. The first-order valence-electron chi connectivity index (χ1n) is 6.23. The Labute approximate surface area is 107 Å². The van der Waals surface area contributed by atoms with Crippen LogP contribution in [0.15, 0.2) is 30.3 Å². The second-order valence-corrected chi connectivity index (χ2v) is 4.37. The van der Waals surface area contributed by atoms with Crippen LogP contribution in [0.25, 0.3) is 0 Å². The molecular weight excluding hydrogens is 230 g/mol. The quantitative estimate of drug-likeness (QED) is 0.588. The standard InChI is InChI=1S/C14H17NO3/c1-2-18-14(17)13(16)15-9-8-12(10-15)11-6-4-3-5-7-11/h3-7,12H,2,8-10H2,1H3. The third-order valence-corrected chi connectivity index (χ3v) is 3.20. The number of ether oxygens (including phenoxy) is 1. The van der Waals surface area contributed by atoms with Gasteiger partial charge in [-0.05, 0) is 18.9 Å². The van der Waals surface area contributed by atoms with Gasteiger partial charge in [-0.3, -0.25) is 4.79 Å². The molecule has 1 aliphatic heterocycles. The lowest BCUT2D eigenvalue weighted by molar-refractivity contribution is -0.159. The van der Waals surface area contributed by atoms with E-state index in [2.05, 4.69) is 12.1 Å². The summed E-state index contributed by atoms with van der Waals surface area (Å²) in [5.41, 5.74) is 1.22. The van der Waals surface area contributed by atoms with Gasteiger partial charge < -0.3 is 9.64 Å². The highest BCUT2D eigenvalue weighted by Gasteiger charge is 2.31. The fourth-order valence-corrected chi connectivity index (χ4v) is 2.26. The zero-order valence-corrected chi connectivity index (χ0v) is 10.5. The highest BCUT2D eigenvalue weighted by molar-refractivity contribution is 6.32. The van der Waals surface area contributed by atoms with Crippen molar-refractivity contribution in [2.24, 2.45) is 0 Å². The minimum atomic E-state index is -0.744. The van der Waals surface area contributed by atoms with Gasteiger partial charge in [0.2, 0.25) is 0 Å². The molecule has 0 bridgehead atoms. The minimum absolute atomic E-state index is 0.237. The van der Waals surface area contributed by atoms with E-state index < -0.39 is 11.9 Å². The molecule has 4 heteroatoms. The highest BCUT2D eigenvalue weighted by atomic mass is 16.5. The van der Waals surface area contributed by atoms with Crippen molar-refractivity contribution >= 4 is 11.9 Å². The zero-order valence-electron chi connectivity index (χ0n) is 10.5. The van der Waals surface area contributed by atoms with Crippen molar-refractivity contribution in [3.05, 3.63) is 35.9 Å². The van der Waals surface area contributed by atoms with Crippen molar-refractivity contribution in [1.82, 2.24) is 4.90 Å².